The molecule has 0 radical (unpaired) electrons. The highest BCUT2D eigenvalue weighted by molar-refractivity contribution is 8.02. The van der Waals surface area contributed by atoms with Crippen LogP contribution in [0.4, 0.5) is 13.2 Å². The molecule has 4 nitrogen and oxygen atoms in total. The van der Waals surface area contributed by atoms with Crippen molar-refractivity contribution in [2.75, 3.05) is 0 Å². The maximum Gasteiger partial charge on any atom is 0.418 e. The van der Waals surface area contributed by atoms with Crippen LogP contribution in [-0.4, -0.2) is 10.1 Å². The van der Waals surface area contributed by atoms with Gasteiger partial charge in [0.2, 0.25) is 0 Å². The van der Waals surface area contributed by atoms with Crippen molar-refractivity contribution in [2.45, 2.75) is 36.9 Å². The summed E-state index contributed by atoms with van der Waals surface area (Å²) in [5.41, 5.74) is -0.325. The molecular weight excluding hydrogens is 401 g/mol. The second kappa shape index (κ2) is 7.48. The van der Waals surface area contributed by atoms with Crippen LogP contribution < -0.4 is 0 Å². The van der Waals surface area contributed by atoms with Gasteiger partial charge in [-0.25, -0.2) is 4.98 Å². The zero-order valence-electron chi connectivity index (χ0n) is 15.1. The number of aromatic nitrogens is 1. The number of aryl methyl sites for hydroxylation is 1. The molecule has 148 valence electrons. The Balaban J connectivity index is 1.74. The fourth-order valence-electron chi connectivity index (χ4n) is 3.50. The Bertz CT molecular complexity index is 1130. The van der Waals surface area contributed by atoms with Gasteiger partial charge in [-0.05, 0) is 43.4 Å². The zero-order valence-corrected chi connectivity index (χ0v) is 15.9. The van der Waals surface area contributed by atoms with Gasteiger partial charge in [-0.1, -0.05) is 30.0 Å². The van der Waals surface area contributed by atoms with Gasteiger partial charge in [-0.2, -0.15) is 18.4 Å². The summed E-state index contributed by atoms with van der Waals surface area (Å²) in [6.45, 7) is 0. The van der Waals surface area contributed by atoms with Crippen molar-refractivity contribution >= 4 is 28.5 Å². The summed E-state index contributed by atoms with van der Waals surface area (Å²) in [5.74, 6) is -0.0608. The third-order valence-corrected chi connectivity index (χ3v) is 5.66. The molecule has 0 spiro atoms. The van der Waals surface area contributed by atoms with E-state index < -0.39 is 17.3 Å². The van der Waals surface area contributed by atoms with Crippen molar-refractivity contribution in [1.29, 1.82) is 5.26 Å². The number of halogens is 3. The topological polar surface area (TPSA) is 70.0 Å². The van der Waals surface area contributed by atoms with E-state index in [1.54, 1.807) is 24.3 Å². The van der Waals surface area contributed by atoms with Gasteiger partial charge in [0, 0.05) is 16.5 Å². The number of aliphatic hydroxyl groups is 1. The van der Waals surface area contributed by atoms with E-state index in [2.05, 4.69) is 4.98 Å². The molecule has 0 saturated carbocycles. The van der Waals surface area contributed by atoms with Gasteiger partial charge >= 0.3 is 6.18 Å². The van der Waals surface area contributed by atoms with Crippen LogP contribution in [0, 0.1) is 11.3 Å². The number of pyridine rings is 1. The predicted octanol–water partition coefficient (Wildman–Crippen LogP) is 6.25. The minimum atomic E-state index is -4.64. The first-order valence-electron chi connectivity index (χ1n) is 8.96. The number of rotatable bonds is 3. The number of para-hydroxylation sites is 1. The maximum atomic E-state index is 13.7. The van der Waals surface area contributed by atoms with Crippen LogP contribution >= 0.6 is 11.8 Å². The first kappa shape index (κ1) is 19.4. The summed E-state index contributed by atoms with van der Waals surface area (Å²) in [5, 5.41) is 21.7. The Morgan fingerprint density at radius 1 is 1.24 bits per heavy atom. The number of hydrogen-bond acceptors (Lipinski definition) is 5. The highest BCUT2D eigenvalue weighted by atomic mass is 32.2. The van der Waals surface area contributed by atoms with Crippen LogP contribution in [0.15, 0.2) is 45.2 Å². The minimum absolute atomic E-state index is 0.0665. The summed E-state index contributed by atoms with van der Waals surface area (Å²) in [6.07, 6.45) is -2.54. The number of nitrogens with zero attached hydrogens (tertiary/aromatic N) is 2. The molecule has 0 amide bonds. The number of thioether (sulfide) groups is 1. The number of hydrogen-bond donors (Lipinski definition) is 1. The molecular formula is C21H15F3N2O2S. The standard InChI is InChI=1S/C21H15F3N2O2S/c22-21(23,24)19-13-6-2-3-7-15(13)26-20(14(19)10-25)29-11-16(27)18-9-12-5-1-4-8-17(12)28-18/h1,4-5,8-9,11,27H,2-3,6-7H2/b16-11-. The SMILES string of the molecule is N#Cc1c(S/C=C(\O)c2cc3ccccc3o2)nc2c(c1C(F)(F)F)CCCC2. The van der Waals surface area contributed by atoms with Gasteiger partial charge in [0.15, 0.2) is 11.5 Å². The predicted molar refractivity (Wildman–Crippen MR) is 103 cm³/mol. The minimum Gasteiger partial charge on any atom is -0.504 e. The fraction of sp³-hybridized carbons (Fsp3) is 0.238. The van der Waals surface area contributed by atoms with Gasteiger partial charge < -0.3 is 9.52 Å². The molecule has 1 N–H and O–H groups in total. The number of benzene rings is 1. The normalized spacial score (nSPS) is 14.6. The number of nitriles is 1. The largest absolute Gasteiger partial charge is 0.504 e. The van der Waals surface area contributed by atoms with E-state index >= 15 is 0 Å². The molecule has 0 atom stereocenters. The van der Waals surface area contributed by atoms with Gasteiger partial charge in [-0.3, -0.25) is 0 Å². The number of furan rings is 1. The van der Waals surface area contributed by atoms with Crippen molar-refractivity contribution in [1.82, 2.24) is 4.98 Å². The summed E-state index contributed by atoms with van der Waals surface area (Å²) >= 11 is 0.782. The second-order valence-electron chi connectivity index (χ2n) is 6.68. The summed E-state index contributed by atoms with van der Waals surface area (Å²) in [7, 11) is 0. The molecule has 3 aromatic rings. The lowest BCUT2D eigenvalue weighted by Crippen LogP contribution is -2.19. The maximum absolute atomic E-state index is 13.7. The van der Waals surface area contributed by atoms with Crippen molar-refractivity contribution in [3.63, 3.8) is 0 Å². The average molecular weight is 416 g/mol. The molecule has 1 aliphatic carbocycles. The van der Waals surface area contributed by atoms with Gasteiger partial charge in [0.25, 0.3) is 0 Å². The van der Waals surface area contributed by atoms with E-state index in [4.69, 9.17) is 4.42 Å². The molecule has 2 heterocycles. The monoisotopic (exact) mass is 416 g/mol. The van der Waals surface area contributed by atoms with Crippen LogP contribution in [0.5, 0.6) is 0 Å². The van der Waals surface area contributed by atoms with Gasteiger partial charge in [-0.15, -0.1) is 0 Å². The smallest absolute Gasteiger partial charge is 0.418 e. The Labute approximate surface area is 168 Å². The highest BCUT2D eigenvalue weighted by Gasteiger charge is 2.39. The van der Waals surface area contributed by atoms with Crippen molar-refractivity contribution in [3.8, 4) is 6.07 Å². The number of aliphatic hydroxyl groups excluding tert-OH is 1. The average Bonchev–Trinajstić information content (AvgIpc) is 3.14. The summed E-state index contributed by atoms with van der Waals surface area (Å²) < 4.78 is 46.7. The first-order chi connectivity index (χ1) is 13.9. The molecule has 1 aliphatic rings. The lowest BCUT2D eigenvalue weighted by molar-refractivity contribution is -0.138. The van der Waals surface area contributed by atoms with Gasteiger partial charge in [0.05, 0.1) is 11.1 Å². The molecule has 8 heteroatoms. The van der Waals surface area contributed by atoms with E-state index in [9.17, 15) is 23.5 Å². The van der Waals surface area contributed by atoms with E-state index in [-0.39, 0.29) is 28.5 Å². The fourth-order valence-corrected chi connectivity index (χ4v) is 4.27. The van der Waals surface area contributed by atoms with Crippen LogP contribution in [0.1, 0.15) is 41.0 Å². The zero-order chi connectivity index (χ0) is 20.6. The molecule has 0 bridgehead atoms. The molecule has 0 fully saturated rings. The van der Waals surface area contributed by atoms with E-state index in [0.29, 0.717) is 24.1 Å². The molecule has 2 aromatic heterocycles. The third kappa shape index (κ3) is 3.70. The number of fused-ring (bicyclic) bond motifs is 2. The van der Waals surface area contributed by atoms with Crippen LogP contribution in [-0.2, 0) is 19.0 Å². The summed E-state index contributed by atoms with van der Waals surface area (Å²) in [6, 6.07) is 10.5. The lowest BCUT2D eigenvalue weighted by Gasteiger charge is -2.22. The molecule has 0 aliphatic heterocycles. The van der Waals surface area contributed by atoms with Gasteiger partial charge in [0.1, 0.15) is 16.7 Å². The second-order valence-corrected chi connectivity index (χ2v) is 7.54. The first-order valence-corrected chi connectivity index (χ1v) is 9.84. The highest BCUT2D eigenvalue weighted by Crippen LogP contribution is 2.41. The third-order valence-electron chi connectivity index (χ3n) is 4.80. The van der Waals surface area contributed by atoms with E-state index in [1.165, 1.54) is 5.41 Å². The van der Waals surface area contributed by atoms with Crippen molar-refractivity contribution in [3.05, 3.63) is 63.9 Å². The van der Waals surface area contributed by atoms with Crippen molar-refractivity contribution < 1.29 is 22.7 Å². The molecule has 0 saturated heterocycles. The van der Waals surface area contributed by atoms with Crippen LogP contribution in [0.2, 0.25) is 0 Å². The molecule has 29 heavy (non-hydrogen) atoms. The summed E-state index contributed by atoms with van der Waals surface area (Å²) in [4.78, 5) is 4.32. The Morgan fingerprint density at radius 2 is 2.00 bits per heavy atom. The molecule has 0 unspecified atom stereocenters. The lowest BCUT2D eigenvalue weighted by atomic mass is 9.90. The van der Waals surface area contributed by atoms with Crippen molar-refractivity contribution in [2.24, 2.45) is 0 Å². The van der Waals surface area contributed by atoms with E-state index in [1.807, 2.05) is 12.1 Å². The number of alkyl halides is 3. The Morgan fingerprint density at radius 3 is 2.72 bits per heavy atom. The Kier molecular flexibility index (Phi) is 5.01. The quantitative estimate of drug-likeness (QED) is 0.404. The Hall–Kier alpha value is -2.92. The van der Waals surface area contributed by atoms with Crippen LogP contribution in [0.3, 0.4) is 0 Å². The van der Waals surface area contributed by atoms with E-state index in [0.717, 1.165) is 23.6 Å². The molecule has 4 rings (SSSR count). The van der Waals surface area contributed by atoms with Crippen LogP contribution in [0.25, 0.3) is 16.7 Å². The molecule has 1 aromatic carbocycles.